The van der Waals surface area contributed by atoms with Gasteiger partial charge in [0.1, 0.15) is 11.3 Å². The third kappa shape index (κ3) is 2.91. The van der Waals surface area contributed by atoms with E-state index in [1.807, 2.05) is 0 Å². The first-order chi connectivity index (χ1) is 10.9. The Balaban J connectivity index is 2.05. The summed E-state index contributed by atoms with van der Waals surface area (Å²) in [5, 5.41) is 0.623. The van der Waals surface area contributed by atoms with Gasteiger partial charge in [-0.1, -0.05) is 18.2 Å². The molecular formula is C16H14N2O4S. The molecule has 0 unspecified atom stereocenters. The highest BCUT2D eigenvalue weighted by atomic mass is 32.2. The van der Waals surface area contributed by atoms with Gasteiger partial charge in [-0.3, -0.25) is 4.72 Å². The molecule has 0 aliphatic carbocycles. The smallest absolute Gasteiger partial charge is 0.360 e. The van der Waals surface area contributed by atoms with Gasteiger partial charge in [0, 0.05) is 11.1 Å². The highest BCUT2D eigenvalue weighted by Crippen LogP contribution is 2.21. The second kappa shape index (κ2) is 5.44. The van der Waals surface area contributed by atoms with Gasteiger partial charge in [0.05, 0.1) is 4.90 Å². The molecule has 0 saturated carbocycles. The average molecular weight is 330 g/mol. The van der Waals surface area contributed by atoms with Crippen molar-refractivity contribution in [2.45, 2.75) is 11.8 Å². The molecule has 3 aromatic rings. The number of nitrogens with two attached hydrogens (primary N) is 1. The Morgan fingerprint density at radius 3 is 2.57 bits per heavy atom. The number of anilines is 2. The molecule has 118 valence electrons. The van der Waals surface area contributed by atoms with E-state index >= 15 is 0 Å². The molecule has 0 saturated heterocycles. The topological polar surface area (TPSA) is 102 Å². The number of nitrogen functional groups attached to an aromatic ring is 1. The first-order valence-corrected chi connectivity index (χ1v) is 8.27. The quantitative estimate of drug-likeness (QED) is 0.567. The number of fused-ring (bicyclic) bond motifs is 1. The van der Waals surface area contributed by atoms with Crippen molar-refractivity contribution in [1.29, 1.82) is 0 Å². The highest BCUT2D eigenvalue weighted by molar-refractivity contribution is 7.92. The minimum Gasteiger partial charge on any atom is -0.421 e. The molecular weight excluding hydrogens is 316 g/mol. The van der Waals surface area contributed by atoms with Gasteiger partial charge in [0.2, 0.25) is 0 Å². The number of hydrogen-bond donors (Lipinski definition) is 2. The van der Waals surface area contributed by atoms with Gasteiger partial charge in [-0.25, -0.2) is 13.2 Å². The van der Waals surface area contributed by atoms with Gasteiger partial charge in [0.25, 0.3) is 10.0 Å². The summed E-state index contributed by atoms with van der Waals surface area (Å²) >= 11 is 0. The van der Waals surface area contributed by atoms with Gasteiger partial charge in [-0.2, -0.15) is 0 Å². The third-order valence-corrected chi connectivity index (χ3v) is 4.80. The maximum absolute atomic E-state index is 12.4. The van der Waals surface area contributed by atoms with E-state index in [0.717, 1.165) is 0 Å². The first-order valence-electron chi connectivity index (χ1n) is 6.79. The van der Waals surface area contributed by atoms with Crippen LogP contribution in [0.4, 0.5) is 11.4 Å². The van der Waals surface area contributed by atoms with E-state index in [2.05, 4.69) is 4.72 Å². The minimum atomic E-state index is -3.91. The van der Waals surface area contributed by atoms with E-state index in [0.29, 0.717) is 22.2 Å². The van der Waals surface area contributed by atoms with E-state index in [4.69, 9.17) is 10.2 Å². The maximum Gasteiger partial charge on any atom is 0.360 e. The van der Waals surface area contributed by atoms with Crippen LogP contribution in [0, 0.1) is 6.92 Å². The van der Waals surface area contributed by atoms with Crippen LogP contribution in [0.1, 0.15) is 5.56 Å². The van der Waals surface area contributed by atoms with Crippen molar-refractivity contribution in [2.24, 2.45) is 0 Å². The van der Waals surface area contributed by atoms with Crippen LogP contribution in [0.2, 0.25) is 0 Å². The van der Waals surface area contributed by atoms with Crippen molar-refractivity contribution in [2.75, 3.05) is 10.5 Å². The summed E-state index contributed by atoms with van der Waals surface area (Å²) < 4.78 is 32.2. The molecule has 0 aliphatic heterocycles. The predicted molar refractivity (Wildman–Crippen MR) is 88.9 cm³/mol. The summed E-state index contributed by atoms with van der Waals surface area (Å²) in [6.45, 7) is 1.71. The van der Waals surface area contributed by atoms with E-state index < -0.39 is 15.6 Å². The van der Waals surface area contributed by atoms with Crippen molar-refractivity contribution >= 4 is 32.4 Å². The second-order valence-electron chi connectivity index (χ2n) is 5.11. The lowest BCUT2D eigenvalue weighted by Gasteiger charge is -2.09. The van der Waals surface area contributed by atoms with Crippen LogP contribution >= 0.6 is 0 Å². The molecule has 3 rings (SSSR count). The number of rotatable bonds is 3. The minimum absolute atomic E-state index is 0.0248. The molecule has 7 heteroatoms. The lowest BCUT2D eigenvalue weighted by Crippen LogP contribution is -2.18. The Hall–Kier alpha value is -2.80. The summed E-state index contributed by atoms with van der Waals surface area (Å²) in [6, 6.07) is 12.6. The first kappa shape index (κ1) is 15.1. The zero-order chi connectivity index (χ0) is 16.6. The summed E-state index contributed by atoms with van der Waals surface area (Å²) in [4.78, 5) is 12.0. The van der Waals surface area contributed by atoms with Crippen LogP contribution in [0.15, 0.2) is 62.6 Å². The standard InChI is InChI=1S/C16H14N2O4S/c1-10-8-12(6-7-13(10)17)23(20,21)18-14-9-11-4-2-3-5-15(11)22-16(14)19/h2-9,18H,17H2,1H3. The molecule has 0 bridgehead atoms. The Bertz CT molecular complexity index is 1060. The van der Waals surface area contributed by atoms with Gasteiger partial charge < -0.3 is 10.2 Å². The van der Waals surface area contributed by atoms with Crippen molar-refractivity contribution in [3.63, 3.8) is 0 Å². The monoisotopic (exact) mass is 330 g/mol. The van der Waals surface area contributed by atoms with Crippen LogP contribution < -0.4 is 16.1 Å². The Labute approximate surface area is 132 Å². The lowest BCUT2D eigenvalue weighted by molar-refractivity contribution is 0.563. The van der Waals surface area contributed by atoms with Gasteiger partial charge in [-0.15, -0.1) is 0 Å². The van der Waals surface area contributed by atoms with Crippen LogP contribution in [0.25, 0.3) is 11.0 Å². The zero-order valence-corrected chi connectivity index (χ0v) is 13.1. The number of benzene rings is 2. The molecule has 0 aliphatic rings. The van der Waals surface area contributed by atoms with Crippen molar-refractivity contribution in [3.8, 4) is 0 Å². The molecule has 23 heavy (non-hydrogen) atoms. The number of nitrogens with one attached hydrogen (secondary N) is 1. The van der Waals surface area contributed by atoms with E-state index in [-0.39, 0.29) is 10.6 Å². The van der Waals surface area contributed by atoms with Crippen LogP contribution in [-0.2, 0) is 10.0 Å². The van der Waals surface area contributed by atoms with Crippen molar-refractivity contribution in [3.05, 3.63) is 64.5 Å². The third-order valence-electron chi connectivity index (χ3n) is 3.44. The number of aryl methyl sites for hydroxylation is 1. The van der Waals surface area contributed by atoms with Gasteiger partial charge >= 0.3 is 5.63 Å². The fraction of sp³-hybridized carbons (Fsp3) is 0.0625. The molecule has 0 fully saturated rings. The molecule has 0 amide bonds. The molecule has 0 atom stereocenters. The van der Waals surface area contributed by atoms with E-state index in [1.54, 1.807) is 31.2 Å². The Morgan fingerprint density at radius 1 is 1.09 bits per heavy atom. The average Bonchev–Trinajstić information content (AvgIpc) is 2.50. The molecule has 1 aromatic heterocycles. The zero-order valence-electron chi connectivity index (χ0n) is 12.2. The largest absolute Gasteiger partial charge is 0.421 e. The Kier molecular flexibility index (Phi) is 3.57. The summed E-state index contributed by atoms with van der Waals surface area (Å²) in [5.41, 5.74) is 6.32. The molecule has 6 nitrogen and oxygen atoms in total. The maximum atomic E-state index is 12.4. The summed E-state index contributed by atoms with van der Waals surface area (Å²) in [7, 11) is -3.91. The van der Waals surface area contributed by atoms with Crippen LogP contribution in [-0.4, -0.2) is 8.42 Å². The summed E-state index contributed by atoms with van der Waals surface area (Å²) in [6.07, 6.45) is 0. The normalized spacial score (nSPS) is 11.5. The van der Waals surface area contributed by atoms with Crippen molar-refractivity contribution in [1.82, 2.24) is 0 Å². The van der Waals surface area contributed by atoms with Gasteiger partial charge in [-0.05, 0) is 42.8 Å². The molecule has 0 radical (unpaired) electrons. The summed E-state index contributed by atoms with van der Waals surface area (Å²) in [5.74, 6) is 0. The van der Waals surface area contributed by atoms with Crippen molar-refractivity contribution < 1.29 is 12.8 Å². The number of para-hydroxylation sites is 1. The fourth-order valence-electron chi connectivity index (χ4n) is 2.15. The highest BCUT2D eigenvalue weighted by Gasteiger charge is 2.17. The lowest BCUT2D eigenvalue weighted by atomic mass is 10.2. The van der Waals surface area contributed by atoms with E-state index in [1.165, 1.54) is 24.3 Å². The van der Waals surface area contributed by atoms with E-state index in [9.17, 15) is 13.2 Å². The molecule has 2 aromatic carbocycles. The number of hydrogen-bond acceptors (Lipinski definition) is 5. The Morgan fingerprint density at radius 2 is 1.83 bits per heavy atom. The molecule has 3 N–H and O–H groups in total. The number of sulfonamides is 1. The van der Waals surface area contributed by atoms with Crippen LogP contribution in [0.3, 0.4) is 0 Å². The predicted octanol–water partition coefficient (Wildman–Crippen LogP) is 2.48. The molecule has 1 heterocycles. The van der Waals surface area contributed by atoms with Gasteiger partial charge in [0.15, 0.2) is 0 Å². The SMILES string of the molecule is Cc1cc(S(=O)(=O)Nc2cc3ccccc3oc2=O)ccc1N. The fourth-order valence-corrected chi connectivity index (χ4v) is 3.28. The second-order valence-corrected chi connectivity index (χ2v) is 6.79. The van der Waals surface area contributed by atoms with Crippen LogP contribution in [0.5, 0.6) is 0 Å². The molecule has 0 spiro atoms.